The minimum Gasteiger partial charge on any atom is -0.474 e. The van der Waals surface area contributed by atoms with Crippen LogP contribution < -0.4 is 4.74 Å². The van der Waals surface area contributed by atoms with Crippen molar-refractivity contribution in [2.24, 2.45) is 0 Å². The van der Waals surface area contributed by atoms with E-state index in [2.05, 4.69) is 4.98 Å². The summed E-state index contributed by atoms with van der Waals surface area (Å²) in [5.41, 5.74) is 1.35. The Bertz CT molecular complexity index is 308. The first kappa shape index (κ1) is 9.71. The van der Waals surface area contributed by atoms with Crippen LogP contribution in [0.15, 0.2) is 12.1 Å². The van der Waals surface area contributed by atoms with Gasteiger partial charge in [0.15, 0.2) is 6.29 Å². The van der Waals surface area contributed by atoms with Crippen LogP contribution in [0.5, 0.6) is 5.88 Å². The lowest BCUT2D eigenvalue weighted by Crippen LogP contribution is -2.09. The van der Waals surface area contributed by atoms with Crippen molar-refractivity contribution in [2.75, 3.05) is 0 Å². The molecule has 0 aliphatic heterocycles. The molecule has 3 nitrogen and oxygen atoms in total. The summed E-state index contributed by atoms with van der Waals surface area (Å²) in [5.74, 6) is 0.421. The Balaban J connectivity index is 3.01. The SMILES string of the molecule is Cc1ccc(C=O)c(OC(C)C)n1. The Hall–Kier alpha value is -1.38. The van der Waals surface area contributed by atoms with Gasteiger partial charge < -0.3 is 4.74 Å². The van der Waals surface area contributed by atoms with Gasteiger partial charge in [0.2, 0.25) is 5.88 Å². The van der Waals surface area contributed by atoms with Crippen molar-refractivity contribution in [3.05, 3.63) is 23.4 Å². The van der Waals surface area contributed by atoms with Gasteiger partial charge in [0.1, 0.15) is 0 Å². The van der Waals surface area contributed by atoms with E-state index in [1.807, 2.05) is 20.8 Å². The van der Waals surface area contributed by atoms with E-state index in [-0.39, 0.29) is 6.10 Å². The summed E-state index contributed by atoms with van der Waals surface area (Å²) in [6.45, 7) is 5.67. The summed E-state index contributed by atoms with van der Waals surface area (Å²) in [6.07, 6.45) is 0.789. The molecule has 0 atom stereocenters. The number of hydrogen-bond donors (Lipinski definition) is 0. The summed E-state index contributed by atoms with van der Waals surface area (Å²) in [5, 5.41) is 0. The van der Waals surface area contributed by atoms with Crippen LogP contribution >= 0.6 is 0 Å². The van der Waals surface area contributed by atoms with Gasteiger partial charge in [0.25, 0.3) is 0 Å². The van der Waals surface area contributed by atoms with Gasteiger partial charge >= 0.3 is 0 Å². The zero-order valence-electron chi connectivity index (χ0n) is 8.07. The Morgan fingerprint density at radius 1 is 1.46 bits per heavy atom. The first-order chi connectivity index (χ1) is 6.13. The van der Waals surface area contributed by atoms with Crippen LogP contribution in [-0.2, 0) is 0 Å². The van der Waals surface area contributed by atoms with Crippen molar-refractivity contribution < 1.29 is 9.53 Å². The van der Waals surface area contributed by atoms with Crippen molar-refractivity contribution in [3.63, 3.8) is 0 Å². The minimum atomic E-state index is 0.0352. The summed E-state index contributed by atoms with van der Waals surface area (Å²) in [6, 6.07) is 3.50. The second kappa shape index (κ2) is 4.03. The molecule has 0 bridgehead atoms. The number of rotatable bonds is 3. The second-order valence-electron chi connectivity index (χ2n) is 3.13. The van der Waals surface area contributed by atoms with Crippen LogP contribution in [0.25, 0.3) is 0 Å². The molecule has 0 saturated heterocycles. The Kier molecular flexibility index (Phi) is 3.01. The largest absolute Gasteiger partial charge is 0.474 e. The van der Waals surface area contributed by atoms with Crippen LogP contribution in [0.1, 0.15) is 29.9 Å². The highest BCUT2D eigenvalue weighted by Crippen LogP contribution is 2.15. The molecular weight excluding hydrogens is 166 g/mol. The highest BCUT2D eigenvalue weighted by Gasteiger charge is 2.06. The molecule has 3 heteroatoms. The van der Waals surface area contributed by atoms with Crippen LogP contribution in [0.2, 0.25) is 0 Å². The fourth-order valence-electron chi connectivity index (χ4n) is 0.951. The molecule has 70 valence electrons. The van der Waals surface area contributed by atoms with Gasteiger partial charge in [-0.2, -0.15) is 0 Å². The molecule has 0 amide bonds. The minimum absolute atomic E-state index is 0.0352. The number of carbonyl (C=O) groups excluding carboxylic acids is 1. The van der Waals surface area contributed by atoms with Crippen molar-refractivity contribution in [2.45, 2.75) is 26.9 Å². The molecule has 1 aromatic rings. The topological polar surface area (TPSA) is 39.2 Å². The molecule has 0 aromatic carbocycles. The van der Waals surface area contributed by atoms with E-state index >= 15 is 0 Å². The van der Waals surface area contributed by atoms with Crippen LogP contribution in [-0.4, -0.2) is 17.4 Å². The van der Waals surface area contributed by atoms with E-state index < -0.39 is 0 Å². The third-order valence-corrected chi connectivity index (χ3v) is 1.50. The van der Waals surface area contributed by atoms with E-state index in [4.69, 9.17) is 4.74 Å². The number of ether oxygens (including phenoxy) is 1. The van der Waals surface area contributed by atoms with Crippen molar-refractivity contribution in [3.8, 4) is 5.88 Å². The number of carbonyl (C=O) groups is 1. The number of aryl methyl sites for hydroxylation is 1. The zero-order valence-corrected chi connectivity index (χ0v) is 8.07. The van der Waals surface area contributed by atoms with E-state index in [0.29, 0.717) is 11.4 Å². The predicted octanol–water partition coefficient (Wildman–Crippen LogP) is 1.99. The molecule has 13 heavy (non-hydrogen) atoms. The molecule has 0 unspecified atom stereocenters. The van der Waals surface area contributed by atoms with E-state index in [9.17, 15) is 4.79 Å². The molecular formula is C10H13NO2. The Labute approximate surface area is 77.8 Å². The van der Waals surface area contributed by atoms with Gasteiger partial charge in [0, 0.05) is 5.69 Å². The Morgan fingerprint density at radius 3 is 2.69 bits per heavy atom. The molecule has 0 radical (unpaired) electrons. The number of pyridine rings is 1. The second-order valence-corrected chi connectivity index (χ2v) is 3.13. The fourth-order valence-corrected chi connectivity index (χ4v) is 0.951. The normalized spacial score (nSPS) is 10.2. The lowest BCUT2D eigenvalue weighted by atomic mass is 10.2. The molecule has 0 aliphatic rings. The highest BCUT2D eigenvalue weighted by molar-refractivity contribution is 5.78. The Morgan fingerprint density at radius 2 is 2.15 bits per heavy atom. The summed E-state index contributed by atoms with van der Waals surface area (Å²) in [4.78, 5) is 14.7. The fraction of sp³-hybridized carbons (Fsp3) is 0.400. The van der Waals surface area contributed by atoms with Gasteiger partial charge in [-0.15, -0.1) is 0 Å². The highest BCUT2D eigenvalue weighted by atomic mass is 16.5. The van der Waals surface area contributed by atoms with Gasteiger partial charge in [-0.25, -0.2) is 4.98 Å². The lowest BCUT2D eigenvalue weighted by molar-refractivity contribution is 0.111. The van der Waals surface area contributed by atoms with Gasteiger partial charge in [-0.3, -0.25) is 4.79 Å². The standard InChI is InChI=1S/C10H13NO2/c1-7(2)13-10-9(6-12)5-4-8(3)11-10/h4-7H,1-3H3. The van der Waals surface area contributed by atoms with Gasteiger partial charge in [-0.1, -0.05) is 0 Å². The van der Waals surface area contributed by atoms with Crippen molar-refractivity contribution in [1.82, 2.24) is 4.98 Å². The number of nitrogens with zero attached hydrogens (tertiary/aromatic N) is 1. The molecule has 1 rings (SSSR count). The quantitative estimate of drug-likeness (QED) is 0.666. The maximum atomic E-state index is 10.6. The smallest absolute Gasteiger partial charge is 0.224 e. The molecule has 0 aliphatic carbocycles. The number of aldehydes is 1. The lowest BCUT2D eigenvalue weighted by Gasteiger charge is -2.10. The molecule has 0 saturated carbocycles. The molecule has 0 N–H and O–H groups in total. The molecule has 1 heterocycles. The summed E-state index contributed by atoms with van der Waals surface area (Å²) in [7, 11) is 0. The molecule has 1 aromatic heterocycles. The maximum absolute atomic E-state index is 10.6. The maximum Gasteiger partial charge on any atom is 0.224 e. The third-order valence-electron chi connectivity index (χ3n) is 1.50. The van der Waals surface area contributed by atoms with E-state index in [1.54, 1.807) is 12.1 Å². The monoisotopic (exact) mass is 179 g/mol. The number of aromatic nitrogens is 1. The average Bonchev–Trinajstić information content (AvgIpc) is 2.03. The van der Waals surface area contributed by atoms with Crippen LogP contribution in [0, 0.1) is 6.92 Å². The molecule has 0 fully saturated rings. The number of hydrogen-bond acceptors (Lipinski definition) is 3. The predicted molar refractivity (Wildman–Crippen MR) is 50.1 cm³/mol. The van der Waals surface area contributed by atoms with Crippen molar-refractivity contribution >= 4 is 6.29 Å². The first-order valence-corrected chi connectivity index (χ1v) is 4.23. The molecule has 0 spiro atoms. The first-order valence-electron chi connectivity index (χ1n) is 4.23. The van der Waals surface area contributed by atoms with Crippen molar-refractivity contribution in [1.29, 1.82) is 0 Å². The van der Waals surface area contributed by atoms with Gasteiger partial charge in [-0.05, 0) is 32.9 Å². The zero-order chi connectivity index (χ0) is 9.84. The average molecular weight is 179 g/mol. The van der Waals surface area contributed by atoms with E-state index in [0.717, 1.165) is 12.0 Å². The summed E-state index contributed by atoms with van der Waals surface area (Å²) < 4.78 is 5.37. The van der Waals surface area contributed by atoms with E-state index in [1.165, 1.54) is 0 Å². The third kappa shape index (κ3) is 2.54. The summed E-state index contributed by atoms with van der Waals surface area (Å²) >= 11 is 0. The van der Waals surface area contributed by atoms with Crippen LogP contribution in [0.3, 0.4) is 0 Å². The van der Waals surface area contributed by atoms with Crippen LogP contribution in [0.4, 0.5) is 0 Å². The van der Waals surface area contributed by atoms with Gasteiger partial charge in [0.05, 0.1) is 11.7 Å².